The minimum atomic E-state index is -1.89. The van der Waals surface area contributed by atoms with Crippen molar-refractivity contribution in [1.29, 1.82) is 0 Å². The third kappa shape index (κ3) is 20.9. The lowest BCUT2D eigenvalue weighted by molar-refractivity contribution is -0.153. The van der Waals surface area contributed by atoms with E-state index >= 15 is 0 Å². The van der Waals surface area contributed by atoms with Gasteiger partial charge < -0.3 is 9.84 Å². The van der Waals surface area contributed by atoms with Crippen LogP contribution in [0.4, 0.5) is 0 Å². The molecule has 0 spiro atoms. The third-order valence-corrected chi connectivity index (χ3v) is 7.78. The fourth-order valence-electron chi connectivity index (χ4n) is 5.13. The maximum Gasteiger partial charge on any atom is 0.183 e. The summed E-state index contributed by atoms with van der Waals surface area (Å²) in [4.78, 5) is 26.0. The lowest BCUT2D eigenvalue weighted by atomic mass is 9.84. The summed E-state index contributed by atoms with van der Waals surface area (Å²) in [6, 6.07) is 0. The van der Waals surface area contributed by atoms with Crippen LogP contribution in [0.1, 0.15) is 174 Å². The fraction of sp³-hybridized carbons (Fsp3) is 0.882. The molecule has 4 nitrogen and oxygen atoms in total. The molecule has 0 fully saturated rings. The number of ether oxygens (including phenoxy) is 1. The molecule has 0 saturated heterocycles. The van der Waals surface area contributed by atoms with E-state index in [9.17, 15) is 14.7 Å². The average Bonchev–Trinajstić information content (AvgIpc) is 2.92. The molecule has 0 radical (unpaired) electrons. The molecular formula is C34H64O4. The first-order chi connectivity index (χ1) is 18.5. The van der Waals surface area contributed by atoms with Crippen molar-refractivity contribution in [1.82, 2.24) is 0 Å². The number of carbonyl (C=O) groups excluding carboxylic acids is 2. The van der Waals surface area contributed by atoms with Crippen LogP contribution in [-0.4, -0.2) is 35.5 Å². The number of unbranched alkanes of at least 4 members (excludes halogenated alkanes) is 20. The first-order valence-electron chi connectivity index (χ1n) is 16.5. The van der Waals surface area contributed by atoms with Gasteiger partial charge in [-0.1, -0.05) is 148 Å². The second-order valence-corrected chi connectivity index (χ2v) is 11.4. The Morgan fingerprint density at radius 2 is 0.921 bits per heavy atom. The Morgan fingerprint density at radius 1 is 0.605 bits per heavy atom. The molecular weight excluding hydrogens is 472 g/mol. The highest BCUT2D eigenvalue weighted by molar-refractivity contribution is 6.10. The van der Waals surface area contributed by atoms with Gasteiger partial charge >= 0.3 is 0 Å². The van der Waals surface area contributed by atoms with Gasteiger partial charge in [0.15, 0.2) is 17.2 Å². The molecule has 0 aromatic carbocycles. The van der Waals surface area contributed by atoms with E-state index in [4.69, 9.17) is 4.74 Å². The Balaban J connectivity index is 4.22. The van der Waals surface area contributed by atoms with E-state index < -0.39 is 5.60 Å². The molecule has 0 heterocycles. The van der Waals surface area contributed by atoms with Crippen molar-refractivity contribution in [2.75, 3.05) is 13.2 Å². The van der Waals surface area contributed by atoms with Crippen LogP contribution >= 0.6 is 0 Å². The number of carbonyl (C=O) groups is 2. The SMILES string of the molecule is C=CCOCCC(O)(C(=O)CCCCCCCCCCCCC)C(=O)CCCCCCCCCCCCC. The molecule has 4 heteroatoms. The van der Waals surface area contributed by atoms with Gasteiger partial charge in [-0.15, -0.1) is 6.58 Å². The molecule has 1 N–H and O–H groups in total. The van der Waals surface area contributed by atoms with Crippen LogP contribution in [0.3, 0.4) is 0 Å². The molecule has 0 aliphatic heterocycles. The van der Waals surface area contributed by atoms with Crippen molar-refractivity contribution in [3.05, 3.63) is 12.7 Å². The maximum atomic E-state index is 13.0. The Kier molecular flexibility index (Phi) is 26.8. The highest BCUT2D eigenvalue weighted by Crippen LogP contribution is 2.22. The summed E-state index contributed by atoms with van der Waals surface area (Å²) in [5.41, 5.74) is -1.89. The van der Waals surface area contributed by atoms with Gasteiger partial charge in [-0.25, -0.2) is 0 Å². The topological polar surface area (TPSA) is 63.6 Å². The van der Waals surface area contributed by atoms with Gasteiger partial charge in [-0.05, 0) is 12.8 Å². The Hall–Kier alpha value is -1.00. The predicted molar refractivity (Wildman–Crippen MR) is 163 cm³/mol. The van der Waals surface area contributed by atoms with Gasteiger partial charge in [-0.3, -0.25) is 9.59 Å². The zero-order valence-electron chi connectivity index (χ0n) is 25.5. The van der Waals surface area contributed by atoms with Gasteiger partial charge in [0.05, 0.1) is 13.2 Å². The molecule has 224 valence electrons. The first kappa shape index (κ1) is 37.0. The Morgan fingerprint density at radius 3 is 1.24 bits per heavy atom. The highest BCUT2D eigenvalue weighted by Gasteiger charge is 2.41. The van der Waals surface area contributed by atoms with E-state index in [1.165, 1.54) is 103 Å². The summed E-state index contributed by atoms with van der Waals surface area (Å²) >= 11 is 0. The van der Waals surface area contributed by atoms with E-state index in [0.29, 0.717) is 6.61 Å². The van der Waals surface area contributed by atoms with E-state index in [1.54, 1.807) is 6.08 Å². The molecule has 0 aromatic rings. The maximum absolute atomic E-state index is 13.0. The van der Waals surface area contributed by atoms with Gasteiger partial charge in [0, 0.05) is 19.3 Å². The second kappa shape index (κ2) is 27.6. The summed E-state index contributed by atoms with van der Waals surface area (Å²) in [6.45, 7) is 8.67. The van der Waals surface area contributed by atoms with Crippen LogP contribution in [0.25, 0.3) is 0 Å². The number of hydrogen-bond donors (Lipinski definition) is 1. The monoisotopic (exact) mass is 536 g/mol. The highest BCUT2D eigenvalue weighted by atomic mass is 16.5. The lowest BCUT2D eigenvalue weighted by Crippen LogP contribution is -2.47. The molecule has 0 atom stereocenters. The van der Waals surface area contributed by atoms with Crippen LogP contribution in [0, 0.1) is 0 Å². The summed E-state index contributed by atoms with van der Waals surface area (Å²) in [7, 11) is 0. The molecule has 0 aliphatic carbocycles. The number of hydrogen-bond acceptors (Lipinski definition) is 4. The van der Waals surface area contributed by atoms with Crippen molar-refractivity contribution in [2.45, 2.75) is 180 Å². The van der Waals surface area contributed by atoms with E-state index in [0.717, 1.165) is 38.5 Å². The average molecular weight is 537 g/mol. The lowest BCUT2D eigenvalue weighted by Gasteiger charge is -2.25. The Labute approximate surface area is 236 Å². The van der Waals surface area contributed by atoms with Gasteiger partial charge in [-0.2, -0.15) is 0 Å². The molecule has 0 bridgehead atoms. The predicted octanol–water partition coefficient (Wildman–Crippen LogP) is 9.85. The molecule has 0 aliphatic rings. The van der Waals surface area contributed by atoms with Gasteiger partial charge in [0.1, 0.15) is 0 Å². The smallest absolute Gasteiger partial charge is 0.183 e. The summed E-state index contributed by atoms with van der Waals surface area (Å²) in [5.74, 6) is -0.632. The third-order valence-electron chi connectivity index (χ3n) is 7.78. The van der Waals surface area contributed by atoms with Crippen molar-refractivity contribution in [3.63, 3.8) is 0 Å². The standard InChI is InChI=1S/C34H64O4/c1-4-7-9-11-13-15-17-19-21-23-25-27-32(35)34(37,29-31-38-30-6-3)33(36)28-26-24-22-20-18-16-14-12-10-8-5-2/h6,37H,3-5,7-31H2,1-2H3. The van der Waals surface area contributed by atoms with E-state index in [1.807, 2.05) is 0 Å². The van der Waals surface area contributed by atoms with Crippen molar-refractivity contribution < 1.29 is 19.4 Å². The zero-order chi connectivity index (χ0) is 28.2. The van der Waals surface area contributed by atoms with Crippen LogP contribution in [0.15, 0.2) is 12.7 Å². The molecule has 0 saturated carbocycles. The zero-order valence-corrected chi connectivity index (χ0v) is 25.5. The minimum Gasteiger partial charge on any atom is -0.377 e. The normalized spacial score (nSPS) is 11.7. The van der Waals surface area contributed by atoms with Gasteiger partial charge in [0.25, 0.3) is 0 Å². The van der Waals surface area contributed by atoms with Crippen molar-refractivity contribution in [3.8, 4) is 0 Å². The molecule has 0 rings (SSSR count). The quantitative estimate of drug-likeness (QED) is 0.0544. The van der Waals surface area contributed by atoms with E-state index in [2.05, 4.69) is 20.4 Å². The number of aliphatic hydroxyl groups is 1. The fourth-order valence-corrected chi connectivity index (χ4v) is 5.13. The van der Waals surface area contributed by atoms with Crippen LogP contribution < -0.4 is 0 Å². The Bertz CT molecular complexity index is 519. The summed E-state index contributed by atoms with van der Waals surface area (Å²) < 4.78 is 5.42. The van der Waals surface area contributed by atoms with Gasteiger partial charge in [0.2, 0.25) is 0 Å². The molecule has 0 amide bonds. The van der Waals surface area contributed by atoms with Crippen LogP contribution in [0.5, 0.6) is 0 Å². The second-order valence-electron chi connectivity index (χ2n) is 11.4. The summed E-state index contributed by atoms with van der Waals surface area (Å²) in [6.07, 6.45) is 28.9. The molecule has 0 unspecified atom stereocenters. The largest absolute Gasteiger partial charge is 0.377 e. The summed E-state index contributed by atoms with van der Waals surface area (Å²) in [5, 5.41) is 11.2. The van der Waals surface area contributed by atoms with Crippen LogP contribution in [-0.2, 0) is 14.3 Å². The molecule has 38 heavy (non-hydrogen) atoms. The number of Topliss-reactive ketones (excluding diaryl/α,β-unsaturated/α-hetero) is 2. The minimum absolute atomic E-state index is 0.0502. The van der Waals surface area contributed by atoms with Crippen molar-refractivity contribution >= 4 is 11.6 Å². The van der Waals surface area contributed by atoms with E-state index in [-0.39, 0.29) is 37.4 Å². The van der Waals surface area contributed by atoms with Crippen LogP contribution in [0.2, 0.25) is 0 Å². The van der Waals surface area contributed by atoms with Crippen molar-refractivity contribution in [2.24, 2.45) is 0 Å². The molecule has 0 aromatic heterocycles. The first-order valence-corrected chi connectivity index (χ1v) is 16.5. The number of ketones is 2. The number of rotatable bonds is 31.